The van der Waals surface area contributed by atoms with Gasteiger partial charge < -0.3 is 20.5 Å². The fourth-order valence-electron chi connectivity index (χ4n) is 4.50. The second-order valence-corrected chi connectivity index (χ2v) is 7.30. The number of carboxylic acid groups (broad SMARTS) is 2. The van der Waals surface area contributed by atoms with Gasteiger partial charge in [-0.25, -0.2) is 4.79 Å². The molecule has 7 nitrogen and oxygen atoms in total. The number of allylic oxidation sites excluding steroid dienone is 2. The number of hydrogen-bond acceptors (Lipinski definition) is 3. The van der Waals surface area contributed by atoms with Gasteiger partial charge in [-0.05, 0) is 29.9 Å². The molecule has 1 heterocycles. The Morgan fingerprint density at radius 3 is 2.52 bits per heavy atom. The number of hydrogen-bond donors (Lipinski definition) is 4. The molecular weight excluding hydrogens is 348 g/mol. The molecule has 2 bridgehead atoms. The van der Waals surface area contributed by atoms with Crippen LogP contribution >= 0.6 is 0 Å². The SMILES string of the molecule is O=C(O)[C@@H]1[C@@H](C(=O)N[C@@H](Cc2c[nH]c3ccccc23)C(=O)O)[C@H]2C=C[C@H]1C2. The van der Waals surface area contributed by atoms with Crippen LogP contribution in [0.3, 0.4) is 0 Å². The molecule has 0 radical (unpaired) electrons. The number of aliphatic carboxylic acids is 2. The van der Waals surface area contributed by atoms with Gasteiger partial charge in [0.05, 0.1) is 11.8 Å². The average molecular weight is 368 g/mol. The summed E-state index contributed by atoms with van der Waals surface area (Å²) in [5, 5.41) is 22.6. The highest BCUT2D eigenvalue weighted by molar-refractivity contribution is 5.90. The highest BCUT2D eigenvalue weighted by atomic mass is 16.4. The van der Waals surface area contributed by atoms with E-state index >= 15 is 0 Å². The van der Waals surface area contributed by atoms with E-state index in [0.717, 1.165) is 16.5 Å². The minimum Gasteiger partial charge on any atom is -0.481 e. The van der Waals surface area contributed by atoms with Gasteiger partial charge in [-0.15, -0.1) is 0 Å². The van der Waals surface area contributed by atoms with Crippen molar-refractivity contribution < 1.29 is 24.6 Å². The van der Waals surface area contributed by atoms with Crippen LogP contribution in [0.15, 0.2) is 42.6 Å². The van der Waals surface area contributed by atoms with Crippen LogP contribution in [0.1, 0.15) is 12.0 Å². The molecule has 2 aromatic rings. The van der Waals surface area contributed by atoms with Crippen molar-refractivity contribution in [2.24, 2.45) is 23.7 Å². The lowest BCUT2D eigenvalue weighted by Crippen LogP contribution is -2.48. The lowest BCUT2D eigenvalue weighted by molar-refractivity contribution is -0.148. The molecule has 0 aliphatic heterocycles. The summed E-state index contributed by atoms with van der Waals surface area (Å²) in [6.07, 6.45) is 6.24. The van der Waals surface area contributed by atoms with Crippen molar-refractivity contribution in [1.82, 2.24) is 10.3 Å². The van der Waals surface area contributed by atoms with Crippen molar-refractivity contribution in [2.45, 2.75) is 18.9 Å². The van der Waals surface area contributed by atoms with Gasteiger partial charge in [-0.3, -0.25) is 9.59 Å². The van der Waals surface area contributed by atoms with E-state index in [1.165, 1.54) is 0 Å². The maximum absolute atomic E-state index is 12.8. The largest absolute Gasteiger partial charge is 0.481 e. The quantitative estimate of drug-likeness (QED) is 0.580. The van der Waals surface area contributed by atoms with Crippen LogP contribution in [0.2, 0.25) is 0 Å². The molecule has 4 rings (SSSR count). The molecule has 0 unspecified atom stereocenters. The second-order valence-electron chi connectivity index (χ2n) is 7.30. The summed E-state index contributed by atoms with van der Waals surface area (Å²) in [7, 11) is 0. The molecule has 7 heteroatoms. The maximum atomic E-state index is 12.8. The molecule has 1 amide bonds. The monoisotopic (exact) mass is 368 g/mol. The van der Waals surface area contributed by atoms with Crippen LogP contribution in [0.5, 0.6) is 0 Å². The van der Waals surface area contributed by atoms with Gasteiger partial charge in [-0.2, -0.15) is 0 Å². The van der Waals surface area contributed by atoms with Crippen LogP contribution in [0, 0.1) is 23.7 Å². The Morgan fingerprint density at radius 2 is 1.81 bits per heavy atom. The number of amides is 1. The third kappa shape index (κ3) is 2.99. The Balaban J connectivity index is 1.53. The fraction of sp³-hybridized carbons (Fsp3) is 0.350. The highest BCUT2D eigenvalue weighted by Gasteiger charge is 2.52. The van der Waals surface area contributed by atoms with E-state index < -0.39 is 35.7 Å². The Hall–Kier alpha value is -3.09. The molecule has 1 aromatic carbocycles. The van der Waals surface area contributed by atoms with Crippen molar-refractivity contribution in [3.8, 4) is 0 Å². The number of para-hydroxylation sites is 1. The number of carbonyl (C=O) groups excluding carboxylic acids is 1. The molecule has 1 fully saturated rings. The standard InChI is InChI=1S/C20H20N2O5/c23-18(16-10-5-6-11(7-10)17(16)20(26)27)22-15(19(24)25)8-12-9-21-14-4-2-1-3-13(12)14/h1-6,9-11,15-17,21H,7-8H2,(H,22,23)(H,24,25)(H,26,27)/t10-,11-,15-,16-,17-/m0/s1. The maximum Gasteiger partial charge on any atom is 0.326 e. The van der Waals surface area contributed by atoms with Gasteiger partial charge in [0.1, 0.15) is 6.04 Å². The van der Waals surface area contributed by atoms with Gasteiger partial charge in [0.25, 0.3) is 0 Å². The first-order chi connectivity index (χ1) is 13.0. The Morgan fingerprint density at radius 1 is 1.11 bits per heavy atom. The lowest BCUT2D eigenvalue weighted by Gasteiger charge is -2.25. The van der Waals surface area contributed by atoms with Crippen LogP contribution in [-0.4, -0.2) is 39.1 Å². The second kappa shape index (κ2) is 6.57. The van der Waals surface area contributed by atoms with Crippen molar-refractivity contribution in [1.29, 1.82) is 0 Å². The van der Waals surface area contributed by atoms with Crippen LogP contribution in [0.4, 0.5) is 0 Å². The molecule has 2 aliphatic carbocycles. The van der Waals surface area contributed by atoms with Crippen LogP contribution < -0.4 is 5.32 Å². The number of carboxylic acids is 2. The molecule has 27 heavy (non-hydrogen) atoms. The first-order valence-corrected chi connectivity index (χ1v) is 8.95. The van der Waals surface area contributed by atoms with E-state index in [1.54, 1.807) is 6.20 Å². The van der Waals surface area contributed by atoms with Gasteiger partial charge in [0, 0.05) is 23.5 Å². The molecule has 4 N–H and O–H groups in total. The number of H-pyrrole nitrogens is 1. The molecule has 1 saturated carbocycles. The number of carbonyl (C=O) groups is 3. The summed E-state index contributed by atoms with van der Waals surface area (Å²) in [4.78, 5) is 39.2. The van der Waals surface area contributed by atoms with Gasteiger partial charge in [-0.1, -0.05) is 30.4 Å². The first-order valence-electron chi connectivity index (χ1n) is 8.95. The smallest absolute Gasteiger partial charge is 0.326 e. The molecular formula is C20H20N2O5. The zero-order valence-electron chi connectivity index (χ0n) is 14.5. The zero-order valence-corrected chi connectivity index (χ0v) is 14.5. The van der Waals surface area contributed by atoms with E-state index in [4.69, 9.17) is 0 Å². The summed E-state index contributed by atoms with van der Waals surface area (Å²) < 4.78 is 0. The topological polar surface area (TPSA) is 119 Å². The van der Waals surface area contributed by atoms with Crippen LogP contribution in [0.25, 0.3) is 10.9 Å². The number of aromatic amines is 1. The summed E-state index contributed by atoms with van der Waals surface area (Å²) in [6, 6.07) is 6.42. The summed E-state index contributed by atoms with van der Waals surface area (Å²) in [5.74, 6) is -4.44. The first kappa shape index (κ1) is 17.3. The van der Waals surface area contributed by atoms with Crippen molar-refractivity contribution in [3.63, 3.8) is 0 Å². The predicted molar refractivity (Wildman–Crippen MR) is 96.9 cm³/mol. The van der Waals surface area contributed by atoms with E-state index in [-0.39, 0.29) is 18.3 Å². The average Bonchev–Trinajstić information content (AvgIpc) is 3.35. The molecule has 140 valence electrons. The number of rotatable bonds is 6. The molecule has 0 saturated heterocycles. The Kier molecular flexibility index (Phi) is 4.22. The molecule has 2 aliphatic rings. The minimum atomic E-state index is -1.14. The van der Waals surface area contributed by atoms with E-state index in [2.05, 4.69) is 10.3 Å². The number of aromatic nitrogens is 1. The predicted octanol–water partition coefficient (Wildman–Crippen LogP) is 1.80. The summed E-state index contributed by atoms with van der Waals surface area (Å²) in [6.45, 7) is 0. The molecule has 0 spiro atoms. The minimum absolute atomic E-state index is 0.124. The Labute approximate surface area is 155 Å². The van der Waals surface area contributed by atoms with E-state index in [9.17, 15) is 24.6 Å². The third-order valence-corrected chi connectivity index (χ3v) is 5.76. The van der Waals surface area contributed by atoms with Gasteiger partial charge >= 0.3 is 11.9 Å². The van der Waals surface area contributed by atoms with Crippen molar-refractivity contribution in [3.05, 3.63) is 48.2 Å². The summed E-state index contributed by atoms with van der Waals surface area (Å²) >= 11 is 0. The zero-order chi connectivity index (χ0) is 19.1. The lowest BCUT2D eigenvalue weighted by atomic mass is 9.82. The van der Waals surface area contributed by atoms with Gasteiger partial charge in [0.15, 0.2) is 0 Å². The third-order valence-electron chi connectivity index (χ3n) is 5.76. The number of fused-ring (bicyclic) bond motifs is 3. The number of nitrogens with one attached hydrogen (secondary N) is 2. The van der Waals surface area contributed by atoms with Crippen molar-refractivity contribution in [2.75, 3.05) is 0 Å². The normalized spacial score (nSPS) is 27.0. The highest BCUT2D eigenvalue weighted by Crippen LogP contribution is 2.48. The molecule has 1 aromatic heterocycles. The Bertz CT molecular complexity index is 947. The fourth-order valence-corrected chi connectivity index (χ4v) is 4.50. The van der Waals surface area contributed by atoms with E-state index in [1.807, 2.05) is 36.4 Å². The number of benzene rings is 1. The van der Waals surface area contributed by atoms with Crippen LogP contribution in [-0.2, 0) is 20.8 Å². The van der Waals surface area contributed by atoms with E-state index in [0.29, 0.717) is 6.42 Å². The molecule has 5 atom stereocenters. The summed E-state index contributed by atoms with van der Waals surface area (Å²) in [5.41, 5.74) is 1.69. The van der Waals surface area contributed by atoms with Gasteiger partial charge in [0.2, 0.25) is 5.91 Å². The van der Waals surface area contributed by atoms with Crippen molar-refractivity contribution >= 4 is 28.7 Å².